The number of rotatable bonds is 6. The van der Waals surface area contributed by atoms with Gasteiger partial charge in [0.25, 0.3) is 0 Å². The molecular formula is C15H19BrFN. The first-order valence-electron chi connectivity index (χ1n) is 6.27. The minimum Gasteiger partial charge on any atom is -0.310 e. The summed E-state index contributed by atoms with van der Waals surface area (Å²) < 4.78 is 14.1. The lowest BCUT2D eigenvalue weighted by molar-refractivity contribution is 0.499. The highest BCUT2D eigenvalue weighted by Gasteiger charge is 2.15. The zero-order valence-electron chi connectivity index (χ0n) is 10.9. The van der Waals surface area contributed by atoms with Gasteiger partial charge in [-0.15, -0.1) is 11.8 Å². The van der Waals surface area contributed by atoms with Gasteiger partial charge >= 0.3 is 0 Å². The maximum Gasteiger partial charge on any atom is 0.137 e. The van der Waals surface area contributed by atoms with E-state index in [1.807, 2.05) is 13.0 Å². The maximum atomic E-state index is 13.5. The van der Waals surface area contributed by atoms with Crippen molar-refractivity contribution in [1.29, 1.82) is 0 Å². The van der Waals surface area contributed by atoms with Gasteiger partial charge in [0.05, 0.1) is 4.47 Å². The molecular weight excluding hydrogens is 293 g/mol. The summed E-state index contributed by atoms with van der Waals surface area (Å²) in [7, 11) is 0. The molecule has 0 saturated heterocycles. The SMILES string of the molecule is CC#CCCC(NCCC)c1cccc(F)c1Br. The van der Waals surface area contributed by atoms with Crippen molar-refractivity contribution in [3.05, 3.63) is 34.1 Å². The average molecular weight is 312 g/mol. The van der Waals surface area contributed by atoms with Crippen molar-refractivity contribution < 1.29 is 4.39 Å². The van der Waals surface area contributed by atoms with Gasteiger partial charge in [0.2, 0.25) is 0 Å². The van der Waals surface area contributed by atoms with Crippen LogP contribution in [0, 0.1) is 17.7 Å². The van der Waals surface area contributed by atoms with E-state index in [0.717, 1.165) is 31.4 Å². The minimum atomic E-state index is -0.211. The summed E-state index contributed by atoms with van der Waals surface area (Å²) in [6.45, 7) is 4.89. The van der Waals surface area contributed by atoms with E-state index in [1.54, 1.807) is 6.07 Å². The van der Waals surface area contributed by atoms with Gasteiger partial charge in [-0.3, -0.25) is 0 Å². The third-order valence-corrected chi connectivity index (χ3v) is 3.57. The molecule has 0 fully saturated rings. The van der Waals surface area contributed by atoms with Crippen molar-refractivity contribution in [1.82, 2.24) is 5.32 Å². The molecule has 0 aliphatic rings. The topological polar surface area (TPSA) is 12.0 Å². The Balaban J connectivity index is 2.85. The number of hydrogen-bond acceptors (Lipinski definition) is 1. The van der Waals surface area contributed by atoms with E-state index in [9.17, 15) is 4.39 Å². The Bertz CT molecular complexity index is 434. The largest absolute Gasteiger partial charge is 0.310 e. The summed E-state index contributed by atoms with van der Waals surface area (Å²) in [6, 6.07) is 5.33. The number of halogens is 2. The zero-order valence-corrected chi connectivity index (χ0v) is 12.5. The van der Waals surface area contributed by atoms with Crippen LogP contribution in [0.15, 0.2) is 22.7 Å². The number of hydrogen-bond donors (Lipinski definition) is 1. The van der Waals surface area contributed by atoms with Gasteiger partial charge in [-0.25, -0.2) is 4.39 Å². The molecule has 0 aliphatic carbocycles. The third-order valence-electron chi connectivity index (χ3n) is 2.73. The van der Waals surface area contributed by atoms with Crippen LogP contribution in [-0.2, 0) is 0 Å². The van der Waals surface area contributed by atoms with Gasteiger partial charge in [0, 0.05) is 12.5 Å². The van der Waals surface area contributed by atoms with E-state index in [1.165, 1.54) is 6.07 Å². The van der Waals surface area contributed by atoms with E-state index in [-0.39, 0.29) is 11.9 Å². The second-order valence-electron chi connectivity index (χ2n) is 4.12. The second-order valence-corrected chi connectivity index (χ2v) is 4.91. The highest BCUT2D eigenvalue weighted by molar-refractivity contribution is 9.10. The van der Waals surface area contributed by atoms with E-state index in [0.29, 0.717) is 4.47 Å². The van der Waals surface area contributed by atoms with Gasteiger partial charge in [-0.1, -0.05) is 19.1 Å². The first-order valence-corrected chi connectivity index (χ1v) is 7.06. The molecule has 1 N–H and O–H groups in total. The van der Waals surface area contributed by atoms with E-state index < -0.39 is 0 Å². The van der Waals surface area contributed by atoms with Crippen molar-refractivity contribution in [3.8, 4) is 11.8 Å². The first kappa shape index (κ1) is 15.2. The standard InChI is InChI=1S/C15H19BrFN/c1-3-5-6-10-14(18-11-4-2)12-8-7-9-13(17)15(12)16/h7-9,14,18H,4,6,10-11H2,1-2H3. The summed E-state index contributed by atoms with van der Waals surface area (Å²) in [5, 5.41) is 3.45. The van der Waals surface area contributed by atoms with E-state index >= 15 is 0 Å². The molecule has 0 amide bonds. The second kappa shape index (κ2) is 8.29. The fourth-order valence-corrected chi connectivity index (χ4v) is 2.36. The van der Waals surface area contributed by atoms with Crippen LogP contribution < -0.4 is 5.32 Å². The smallest absolute Gasteiger partial charge is 0.137 e. The van der Waals surface area contributed by atoms with E-state index in [4.69, 9.17) is 0 Å². The number of nitrogens with one attached hydrogen (secondary N) is 1. The summed E-state index contributed by atoms with van der Waals surface area (Å²) in [5.74, 6) is 5.74. The maximum absolute atomic E-state index is 13.5. The molecule has 0 saturated carbocycles. The Hall–Kier alpha value is -0.850. The lowest BCUT2D eigenvalue weighted by Crippen LogP contribution is -2.22. The molecule has 1 rings (SSSR count). The van der Waals surface area contributed by atoms with Crippen molar-refractivity contribution in [2.24, 2.45) is 0 Å². The van der Waals surface area contributed by atoms with Crippen LogP contribution in [0.5, 0.6) is 0 Å². The summed E-state index contributed by atoms with van der Waals surface area (Å²) in [6.07, 6.45) is 2.77. The van der Waals surface area contributed by atoms with Gasteiger partial charge in [-0.05, 0) is 53.9 Å². The molecule has 1 unspecified atom stereocenters. The quantitative estimate of drug-likeness (QED) is 0.766. The molecule has 1 atom stereocenters. The van der Waals surface area contributed by atoms with Crippen LogP contribution in [0.2, 0.25) is 0 Å². The van der Waals surface area contributed by atoms with Crippen LogP contribution in [0.4, 0.5) is 4.39 Å². The van der Waals surface area contributed by atoms with Gasteiger partial charge in [0.15, 0.2) is 0 Å². The fraction of sp³-hybridized carbons (Fsp3) is 0.467. The van der Waals surface area contributed by atoms with Crippen molar-refractivity contribution in [3.63, 3.8) is 0 Å². The van der Waals surface area contributed by atoms with Gasteiger partial charge in [-0.2, -0.15) is 0 Å². The van der Waals surface area contributed by atoms with Crippen molar-refractivity contribution in [2.45, 2.75) is 39.2 Å². The Labute approximate surface area is 117 Å². The lowest BCUT2D eigenvalue weighted by atomic mass is 10.0. The Morgan fingerprint density at radius 1 is 1.44 bits per heavy atom. The average Bonchev–Trinajstić information content (AvgIpc) is 2.37. The van der Waals surface area contributed by atoms with Crippen molar-refractivity contribution in [2.75, 3.05) is 6.54 Å². The molecule has 0 radical (unpaired) electrons. The molecule has 1 nitrogen and oxygen atoms in total. The van der Waals surface area contributed by atoms with Gasteiger partial charge in [0.1, 0.15) is 5.82 Å². The summed E-state index contributed by atoms with van der Waals surface area (Å²) in [4.78, 5) is 0. The van der Waals surface area contributed by atoms with Crippen LogP contribution in [0.25, 0.3) is 0 Å². The van der Waals surface area contributed by atoms with Crippen LogP contribution in [-0.4, -0.2) is 6.54 Å². The molecule has 0 heterocycles. The Morgan fingerprint density at radius 2 is 2.22 bits per heavy atom. The molecule has 0 aromatic heterocycles. The Morgan fingerprint density at radius 3 is 2.89 bits per heavy atom. The minimum absolute atomic E-state index is 0.149. The highest BCUT2D eigenvalue weighted by atomic mass is 79.9. The molecule has 18 heavy (non-hydrogen) atoms. The zero-order chi connectivity index (χ0) is 13.4. The van der Waals surface area contributed by atoms with Crippen LogP contribution in [0.3, 0.4) is 0 Å². The summed E-state index contributed by atoms with van der Waals surface area (Å²) in [5.41, 5.74) is 0.973. The molecule has 0 bridgehead atoms. The predicted molar refractivity (Wildman–Crippen MR) is 77.8 cm³/mol. The third kappa shape index (κ3) is 4.44. The highest BCUT2D eigenvalue weighted by Crippen LogP contribution is 2.28. The first-order chi connectivity index (χ1) is 8.70. The van der Waals surface area contributed by atoms with Crippen LogP contribution in [0.1, 0.15) is 44.7 Å². The Kier molecular flexibility index (Phi) is 7.00. The molecule has 0 spiro atoms. The fourth-order valence-electron chi connectivity index (χ4n) is 1.82. The monoisotopic (exact) mass is 311 g/mol. The molecule has 98 valence electrons. The number of benzene rings is 1. The van der Waals surface area contributed by atoms with Crippen LogP contribution >= 0.6 is 15.9 Å². The van der Waals surface area contributed by atoms with Gasteiger partial charge < -0.3 is 5.32 Å². The normalized spacial score (nSPS) is 11.8. The summed E-state index contributed by atoms with van der Waals surface area (Å²) >= 11 is 3.33. The molecule has 1 aromatic carbocycles. The molecule has 0 aliphatic heterocycles. The molecule has 3 heteroatoms. The molecule has 1 aromatic rings. The van der Waals surface area contributed by atoms with E-state index in [2.05, 4.69) is 40.0 Å². The predicted octanol–water partition coefficient (Wildman–Crippen LogP) is 4.43. The lowest BCUT2D eigenvalue weighted by Gasteiger charge is -2.19. The van der Waals surface area contributed by atoms with Crippen molar-refractivity contribution >= 4 is 15.9 Å².